The number of amides is 2. The molecule has 4 nitrogen and oxygen atoms in total. The fraction of sp³-hybridized carbons (Fsp3) is 0.238. The summed E-state index contributed by atoms with van der Waals surface area (Å²) in [6, 6.07) is 12.7. The zero-order valence-corrected chi connectivity index (χ0v) is 15.1. The highest BCUT2D eigenvalue weighted by Gasteiger charge is 2.47. The summed E-state index contributed by atoms with van der Waals surface area (Å²) in [5, 5.41) is 0.358. The van der Waals surface area contributed by atoms with Gasteiger partial charge in [0.2, 0.25) is 11.8 Å². The number of halogens is 1. The van der Waals surface area contributed by atoms with E-state index >= 15 is 0 Å². The molecule has 1 heterocycles. The molecule has 0 radical (unpaired) electrons. The summed E-state index contributed by atoms with van der Waals surface area (Å²) in [5.74, 6) is 0.359. The van der Waals surface area contributed by atoms with Crippen molar-refractivity contribution < 1.29 is 14.3 Å². The summed E-state index contributed by atoms with van der Waals surface area (Å²) in [6.45, 7) is 2.00. The van der Waals surface area contributed by atoms with Crippen molar-refractivity contribution in [3.8, 4) is 11.5 Å². The summed E-state index contributed by atoms with van der Waals surface area (Å²) in [5.41, 5.74) is 1.64. The van der Waals surface area contributed by atoms with E-state index in [2.05, 4.69) is 0 Å². The molecule has 5 heteroatoms. The molecule has 0 spiro atoms. The van der Waals surface area contributed by atoms with E-state index in [0.29, 0.717) is 35.1 Å². The topological polar surface area (TPSA) is 46.6 Å². The minimum atomic E-state index is -0.255. The molecule has 0 N–H and O–H groups in total. The zero-order chi connectivity index (χ0) is 18.3. The van der Waals surface area contributed by atoms with Crippen LogP contribution in [0.15, 0.2) is 54.6 Å². The number of anilines is 1. The largest absolute Gasteiger partial charge is 0.456 e. The van der Waals surface area contributed by atoms with Gasteiger partial charge in [-0.05, 0) is 50.1 Å². The van der Waals surface area contributed by atoms with Crippen molar-refractivity contribution in [1.82, 2.24) is 0 Å². The van der Waals surface area contributed by atoms with Crippen LogP contribution >= 0.6 is 11.6 Å². The molecule has 2 atom stereocenters. The van der Waals surface area contributed by atoms with Gasteiger partial charge in [-0.3, -0.25) is 9.59 Å². The van der Waals surface area contributed by atoms with Crippen molar-refractivity contribution in [3.63, 3.8) is 0 Å². The van der Waals surface area contributed by atoms with Crippen molar-refractivity contribution in [2.45, 2.75) is 19.8 Å². The Kier molecular flexibility index (Phi) is 4.29. The number of carbonyl (C=O) groups excluding carboxylic acids is 2. The van der Waals surface area contributed by atoms with E-state index in [0.717, 1.165) is 5.56 Å². The summed E-state index contributed by atoms with van der Waals surface area (Å²) < 4.78 is 5.80. The lowest BCUT2D eigenvalue weighted by molar-refractivity contribution is -0.122. The van der Waals surface area contributed by atoms with Crippen LogP contribution < -0.4 is 9.64 Å². The SMILES string of the molecule is Cc1ccc(Oc2ccc(N3C(=O)[C@H]4CC=CC[C@@H]4C3=O)cc2Cl)cc1. The number of hydrogen-bond acceptors (Lipinski definition) is 3. The van der Waals surface area contributed by atoms with Crippen molar-refractivity contribution in [3.05, 3.63) is 65.2 Å². The normalized spacial score (nSPS) is 21.8. The van der Waals surface area contributed by atoms with Gasteiger partial charge in [-0.15, -0.1) is 0 Å². The summed E-state index contributed by atoms with van der Waals surface area (Å²) in [6.07, 6.45) is 5.19. The molecule has 2 aromatic carbocycles. The second-order valence-electron chi connectivity index (χ2n) is 6.70. The maximum atomic E-state index is 12.7. The van der Waals surface area contributed by atoms with Gasteiger partial charge in [0.05, 0.1) is 22.5 Å². The number of ether oxygens (including phenoxy) is 1. The predicted molar refractivity (Wildman–Crippen MR) is 101 cm³/mol. The molecule has 1 aliphatic heterocycles. The Morgan fingerprint density at radius 3 is 2.15 bits per heavy atom. The number of aryl methyl sites for hydroxylation is 1. The van der Waals surface area contributed by atoms with E-state index in [1.165, 1.54) is 4.90 Å². The van der Waals surface area contributed by atoms with Gasteiger partial charge in [0, 0.05) is 0 Å². The number of nitrogens with zero attached hydrogens (tertiary/aromatic N) is 1. The van der Waals surface area contributed by atoms with Gasteiger partial charge in [-0.2, -0.15) is 0 Å². The molecule has 2 aromatic rings. The number of fused-ring (bicyclic) bond motifs is 1. The average Bonchev–Trinajstić information content (AvgIpc) is 2.90. The van der Waals surface area contributed by atoms with Gasteiger partial charge in [-0.25, -0.2) is 4.90 Å². The molecule has 0 aromatic heterocycles. The van der Waals surface area contributed by atoms with Gasteiger partial charge < -0.3 is 4.74 Å². The first-order chi connectivity index (χ1) is 12.5. The lowest BCUT2D eigenvalue weighted by Crippen LogP contribution is -2.30. The number of hydrogen-bond donors (Lipinski definition) is 0. The van der Waals surface area contributed by atoms with Crippen LogP contribution in [0.1, 0.15) is 18.4 Å². The maximum absolute atomic E-state index is 12.7. The molecule has 132 valence electrons. The Morgan fingerprint density at radius 1 is 0.962 bits per heavy atom. The highest BCUT2D eigenvalue weighted by atomic mass is 35.5. The quantitative estimate of drug-likeness (QED) is 0.572. The summed E-state index contributed by atoms with van der Waals surface area (Å²) in [7, 11) is 0. The molecule has 1 saturated heterocycles. The molecule has 26 heavy (non-hydrogen) atoms. The second kappa shape index (κ2) is 6.61. The van der Waals surface area contributed by atoms with Crippen LogP contribution in [-0.4, -0.2) is 11.8 Å². The van der Waals surface area contributed by atoms with E-state index in [9.17, 15) is 9.59 Å². The molecule has 4 rings (SSSR count). The predicted octanol–water partition coefficient (Wildman–Crippen LogP) is 4.90. The fourth-order valence-corrected chi connectivity index (χ4v) is 3.71. The molecule has 1 fully saturated rings. The monoisotopic (exact) mass is 367 g/mol. The van der Waals surface area contributed by atoms with Crippen molar-refractivity contribution >= 4 is 29.1 Å². The van der Waals surface area contributed by atoms with Crippen LogP contribution in [0, 0.1) is 18.8 Å². The Balaban J connectivity index is 1.59. The molecular formula is C21H18ClNO3. The lowest BCUT2D eigenvalue weighted by atomic mass is 9.85. The molecule has 2 aliphatic rings. The van der Waals surface area contributed by atoms with Gasteiger partial charge >= 0.3 is 0 Å². The molecule has 2 amide bonds. The third kappa shape index (κ3) is 2.90. The van der Waals surface area contributed by atoms with E-state index < -0.39 is 0 Å². The zero-order valence-electron chi connectivity index (χ0n) is 14.3. The first-order valence-corrected chi connectivity index (χ1v) is 8.99. The van der Waals surface area contributed by atoms with Crippen molar-refractivity contribution in [2.24, 2.45) is 11.8 Å². The number of allylic oxidation sites excluding steroid dienone is 2. The van der Waals surface area contributed by atoms with Crippen LogP contribution in [0.4, 0.5) is 5.69 Å². The van der Waals surface area contributed by atoms with E-state index in [1.807, 2.05) is 43.3 Å². The Hall–Kier alpha value is -2.59. The van der Waals surface area contributed by atoms with E-state index in [4.69, 9.17) is 16.3 Å². The minimum absolute atomic E-state index is 0.146. The molecular weight excluding hydrogens is 350 g/mol. The van der Waals surface area contributed by atoms with Crippen LogP contribution in [0.3, 0.4) is 0 Å². The Bertz CT molecular complexity index is 878. The fourth-order valence-electron chi connectivity index (χ4n) is 3.50. The molecule has 0 bridgehead atoms. The van der Waals surface area contributed by atoms with Gasteiger partial charge in [0.15, 0.2) is 0 Å². The number of imide groups is 1. The number of benzene rings is 2. The Labute approximate surface area is 157 Å². The van der Waals surface area contributed by atoms with Crippen LogP contribution in [0.25, 0.3) is 0 Å². The third-order valence-corrected chi connectivity index (χ3v) is 5.23. The number of rotatable bonds is 3. The molecule has 0 saturated carbocycles. The van der Waals surface area contributed by atoms with Crippen LogP contribution in [0.2, 0.25) is 5.02 Å². The van der Waals surface area contributed by atoms with E-state index in [-0.39, 0.29) is 23.7 Å². The summed E-state index contributed by atoms with van der Waals surface area (Å²) >= 11 is 6.35. The Morgan fingerprint density at radius 2 is 1.58 bits per heavy atom. The standard InChI is InChI=1S/C21H18ClNO3/c1-13-6-9-15(10-7-13)26-19-11-8-14(12-18(19)22)23-20(24)16-4-2-3-5-17(16)21(23)25/h2-3,6-12,16-17H,4-5H2,1H3/t16-,17-/m0/s1. The van der Waals surface area contributed by atoms with Crippen molar-refractivity contribution in [2.75, 3.05) is 4.90 Å². The van der Waals surface area contributed by atoms with E-state index in [1.54, 1.807) is 18.2 Å². The summed E-state index contributed by atoms with van der Waals surface area (Å²) in [4.78, 5) is 26.6. The van der Waals surface area contributed by atoms with Crippen LogP contribution in [-0.2, 0) is 9.59 Å². The van der Waals surface area contributed by atoms with Crippen molar-refractivity contribution in [1.29, 1.82) is 0 Å². The smallest absolute Gasteiger partial charge is 0.238 e. The second-order valence-corrected chi connectivity index (χ2v) is 7.10. The third-order valence-electron chi connectivity index (χ3n) is 4.93. The lowest BCUT2D eigenvalue weighted by Gasteiger charge is -2.16. The van der Waals surface area contributed by atoms with Crippen LogP contribution in [0.5, 0.6) is 11.5 Å². The first-order valence-electron chi connectivity index (χ1n) is 8.61. The maximum Gasteiger partial charge on any atom is 0.238 e. The highest BCUT2D eigenvalue weighted by Crippen LogP contribution is 2.40. The first kappa shape index (κ1) is 16.9. The number of carbonyl (C=O) groups is 2. The van der Waals surface area contributed by atoms with Gasteiger partial charge in [0.25, 0.3) is 0 Å². The molecule has 0 unspecified atom stereocenters. The van der Waals surface area contributed by atoms with Gasteiger partial charge in [0.1, 0.15) is 11.5 Å². The van der Waals surface area contributed by atoms with Gasteiger partial charge in [-0.1, -0.05) is 41.4 Å². The average molecular weight is 368 g/mol. The highest BCUT2D eigenvalue weighted by molar-refractivity contribution is 6.33. The molecule has 1 aliphatic carbocycles. The minimum Gasteiger partial charge on any atom is -0.456 e.